The molecule has 2 N–H and O–H groups in total. The van der Waals surface area contributed by atoms with E-state index >= 15 is 0 Å². The van der Waals surface area contributed by atoms with E-state index in [1.165, 1.54) is 0 Å². The lowest BCUT2D eigenvalue weighted by molar-refractivity contribution is 0.416. The molecule has 68 valence electrons. The lowest BCUT2D eigenvalue weighted by Crippen LogP contribution is -1.89. The van der Waals surface area contributed by atoms with Crippen LogP contribution in [0.5, 0.6) is 5.75 Å². The van der Waals surface area contributed by atoms with Gasteiger partial charge in [-0.25, -0.2) is 0 Å². The maximum Gasteiger partial charge on any atom is 0.178 e. The zero-order chi connectivity index (χ0) is 9.42. The molecule has 4 nitrogen and oxygen atoms in total. The van der Waals surface area contributed by atoms with Crippen LogP contribution in [0.4, 0.5) is 5.82 Å². The number of hydrogen-bond acceptors (Lipinski definition) is 4. The molecule has 0 fully saturated rings. The Morgan fingerprint density at radius 2 is 2.31 bits per heavy atom. The lowest BCUT2D eigenvalue weighted by atomic mass is 10.2. The van der Waals surface area contributed by atoms with Gasteiger partial charge in [0.1, 0.15) is 11.1 Å². The van der Waals surface area contributed by atoms with E-state index in [0.29, 0.717) is 22.5 Å². The molecule has 13 heavy (non-hydrogen) atoms. The van der Waals surface area contributed by atoms with E-state index in [0.717, 1.165) is 4.47 Å². The Morgan fingerprint density at radius 3 is 3.00 bits per heavy atom. The van der Waals surface area contributed by atoms with E-state index in [2.05, 4.69) is 21.1 Å². The molecule has 0 amide bonds. The van der Waals surface area contributed by atoms with Crippen molar-refractivity contribution in [1.82, 2.24) is 5.16 Å². The molecular formula is C8H7BrN2O2. The minimum atomic E-state index is 0.341. The van der Waals surface area contributed by atoms with Crippen LogP contribution in [-0.4, -0.2) is 12.3 Å². The Morgan fingerprint density at radius 1 is 1.54 bits per heavy atom. The van der Waals surface area contributed by atoms with Crippen LogP contribution < -0.4 is 10.5 Å². The minimum absolute atomic E-state index is 0.341. The average Bonchev–Trinajstić information content (AvgIpc) is 2.49. The van der Waals surface area contributed by atoms with Crippen LogP contribution in [0.15, 0.2) is 21.1 Å². The van der Waals surface area contributed by atoms with Gasteiger partial charge in [-0.3, -0.25) is 0 Å². The van der Waals surface area contributed by atoms with Gasteiger partial charge in [0.15, 0.2) is 11.4 Å². The van der Waals surface area contributed by atoms with Gasteiger partial charge in [-0.05, 0) is 28.1 Å². The number of benzene rings is 1. The van der Waals surface area contributed by atoms with Gasteiger partial charge in [0.05, 0.1) is 11.6 Å². The summed E-state index contributed by atoms with van der Waals surface area (Å²) < 4.78 is 11.0. The summed E-state index contributed by atoms with van der Waals surface area (Å²) in [6, 6.07) is 3.61. The van der Waals surface area contributed by atoms with Crippen LogP contribution >= 0.6 is 15.9 Å². The van der Waals surface area contributed by atoms with Crippen molar-refractivity contribution < 1.29 is 9.26 Å². The molecule has 0 bridgehead atoms. The van der Waals surface area contributed by atoms with Crippen LogP contribution in [-0.2, 0) is 0 Å². The number of hydrogen-bond donors (Lipinski definition) is 1. The molecule has 0 aliphatic carbocycles. The largest absolute Gasteiger partial charge is 0.495 e. The summed E-state index contributed by atoms with van der Waals surface area (Å²) in [6.45, 7) is 0. The number of ether oxygens (including phenoxy) is 1. The van der Waals surface area contributed by atoms with E-state index in [1.54, 1.807) is 13.2 Å². The average molecular weight is 243 g/mol. The van der Waals surface area contributed by atoms with Crippen molar-refractivity contribution in [2.75, 3.05) is 12.8 Å². The van der Waals surface area contributed by atoms with Gasteiger partial charge in [-0.15, -0.1) is 0 Å². The molecule has 0 unspecified atom stereocenters. The summed E-state index contributed by atoms with van der Waals surface area (Å²) in [5, 5.41) is 4.35. The third-order valence-corrected chi connectivity index (χ3v) is 2.40. The van der Waals surface area contributed by atoms with Crippen LogP contribution in [0.3, 0.4) is 0 Å². The number of rotatable bonds is 1. The quantitative estimate of drug-likeness (QED) is 0.833. The normalized spacial score (nSPS) is 10.6. The first-order valence-electron chi connectivity index (χ1n) is 3.61. The van der Waals surface area contributed by atoms with Crippen molar-refractivity contribution in [1.29, 1.82) is 0 Å². The van der Waals surface area contributed by atoms with E-state index < -0.39 is 0 Å². The molecule has 0 saturated carbocycles. The van der Waals surface area contributed by atoms with Crippen molar-refractivity contribution in [3.63, 3.8) is 0 Å². The Bertz CT molecular complexity index is 453. The highest BCUT2D eigenvalue weighted by Crippen LogP contribution is 2.36. The maximum absolute atomic E-state index is 5.62. The maximum atomic E-state index is 5.62. The highest BCUT2D eigenvalue weighted by Gasteiger charge is 2.13. The zero-order valence-corrected chi connectivity index (χ0v) is 8.46. The zero-order valence-electron chi connectivity index (χ0n) is 6.87. The summed E-state index contributed by atoms with van der Waals surface area (Å²) in [6.07, 6.45) is 0. The predicted octanol–water partition coefficient (Wildman–Crippen LogP) is 2.18. The van der Waals surface area contributed by atoms with Crippen LogP contribution in [0.2, 0.25) is 0 Å². The first kappa shape index (κ1) is 8.37. The fourth-order valence-electron chi connectivity index (χ4n) is 1.20. The number of aromatic nitrogens is 1. The van der Waals surface area contributed by atoms with Crippen molar-refractivity contribution in [2.45, 2.75) is 0 Å². The number of nitrogens with zero attached hydrogens (tertiary/aromatic N) is 1. The summed E-state index contributed by atoms with van der Waals surface area (Å²) in [5.41, 5.74) is 6.24. The van der Waals surface area contributed by atoms with Crippen molar-refractivity contribution in [2.24, 2.45) is 0 Å². The van der Waals surface area contributed by atoms with Crippen LogP contribution in [0.25, 0.3) is 11.0 Å². The van der Waals surface area contributed by atoms with Crippen molar-refractivity contribution in [3.05, 3.63) is 16.6 Å². The smallest absolute Gasteiger partial charge is 0.178 e. The van der Waals surface area contributed by atoms with E-state index in [1.807, 2.05) is 6.07 Å². The van der Waals surface area contributed by atoms with E-state index in [-0.39, 0.29) is 0 Å². The number of nitrogens with two attached hydrogens (primary N) is 1. The first-order valence-corrected chi connectivity index (χ1v) is 4.40. The molecule has 1 aromatic heterocycles. The van der Waals surface area contributed by atoms with Gasteiger partial charge in [-0.2, -0.15) is 0 Å². The molecule has 0 atom stereocenters. The molecule has 5 heteroatoms. The minimum Gasteiger partial charge on any atom is -0.495 e. The highest BCUT2D eigenvalue weighted by atomic mass is 79.9. The SMILES string of the molecule is COc1c(Br)ccc2onc(N)c12. The molecule has 1 heterocycles. The summed E-state index contributed by atoms with van der Waals surface area (Å²) in [5.74, 6) is 0.990. The van der Waals surface area contributed by atoms with Crippen molar-refractivity contribution >= 4 is 32.7 Å². The van der Waals surface area contributed by atoms with Gasteiger partial charge < -0.3 is 15.0 Å². The molecule has 1 aromatic carbocycles. The Labute approximate surface area is 82.8 Å². The number of anilines is 1. The topological polar surface area (TPSA) is 61.3 Å². The number of nitrogen functional groups attached to an aromatic ring is 1. The third kappa shape index (κ3) is 1.16. The van der Waals surface area contributed by atoms with E-state index in [9.17, 15) is 0 Å². The van der Waals surface area contributed by atoms with Gasteiger partial charge >= 0.3 is 0 Å². The number of fused-ring (bicyclic) bond motifs is 1. The standard InChI is InChI=1S/C8H7BrN2O2/c1-12-7-4(9)2-3-5-6(7)8(10)11-13-5/h2-3H,1H3,(H2,10,11). The lowest BCUT2D eigenvalue weighted by Gasteiger charge is -2.02. The van der Waals surface area contributed by atoms with Gasteiger partial charge in [0.25, 0.3) is 0 Å². The summed E-state index contributed by atoms with van der Waals surface area (Å²) >= 11 is 3.35. The molecular weight excluding hydrogens is 236 g/mol. The number of methoxy groups -OCH3 is 1. The monoisotopic (exact) mass is 242 g/mol. The second-order valence-electron chi connectivity index (χ2n) is 2.52. The summed E-state index contributed by atoms with van der Waals surface area (Å²) in [4.78, 5) is 0. The van der Waals surface area contributed by atoms with Crippen LogP contribution in [0, 0.1) is 0 Å². The van der Waals surface area contributed by atoms with E-state index in [4.69, 9.17) is 15.0 Å². The van der Waals surface area contributed by atoms with Crippen molar-refractivity contribution in [3.8, 4) is 5.75 Å². The number of halogens is 1. The molecule has 2 rings (SSSR count). The molecule has 0 aliphatic rings. The van der Waals surface area contributed by atoms with Gasteiger partial charge in [0.2, 0.25) is 0 Å². The molecule has 0 saturated heterocycles. The Hall–Kier alpha value is -1.23. The molecule has 2 aromatic rings. The van der Waals surface area contributed by atoms with Gasteiger partial charge in [0, 0.05) is 0 Å². The Balaban J connectivity index is 2.88. The summed E-state index contributed by atoms with van der Waals surface area (Å²) in [7, 11) is 1.58. The van der Waals surface area contributed by atoms with Gasteiger partial charge in [-0.1, -0.05) is 5.16 Å². The fraction of sp³-hybridized carbons (Fsp3) is 0.125. The second-order valence-corrected chi connectivity index (χ2v) is 3.38. The Kier molecular flexibility index (Phi) is 1.88. The molecule has 0 spiro atoms. The molecule has 0 aliphatic heterocycles. The highest BCUT2D eigenvalue weighted by molar-refractivity contribution is 9.10. The second kappa shape index (κ2) is 2.92. The predicted molar refractivity (Wildman–Crippen MR) is 52.7 cm³/mol. The third-order valence-electron chi connectivity index (χ3n) is 1.77. The fourth-order valence-corrected chi connectivity index (χ4v) is 1.69. The first-order chi connectivity index (χ1) is 6.24. The van der Waals surface area contributed by atoms with Crippen LogP contribution in [0.1, 0.15) is 0 Å². The molecule has 0 radical (unpaired) electrons.